The Morgan fingerprint density at radius 2 is 2.00 bits per heavy atom. The number of benzene rings is 1. The third kappa shape index (κ3) is 8.98. The average molecular weight is 388 g/mol. The van der Waals surface area contributed by atoms with Gasteiger partial charge in [-0.05, 0) is 36.8 Å². The average Bonchev–Trinajstić information content (AvgIpc) is 2.38. The van der Waals surface area contributed by atoms with E-state index in [2.05, 4.69) is 40.0 Å². The Kier molecular flexibility index (Phi) is 9.68. The Balaban J connectivity index is 0.000000433. The van der Waals surface area contributed by atoms with Crippen LogP contribution in [0.2, 0.25) is 0 Å². The molecule has 0 atom stereocenters. The van der Waals surface area contributed by atoms with E-state index in [1.54, 1.807) is 12.3 Å². The molecule has 120 valence electrons. The fourth-order valence-corrected chi connectivity index (χ4v) is 2.19. The number of hydrogen-bond acceptors (Lipinski definition) is 4. The van der Waals surface area contributed by atoms with Gasteiger partial charge in [0, 0.05) is 9.37 Å². The molecule has 0 aromatic heterocycles. The SMILES string of the molecule is CC(C)CCON=O.CSc1ccc(Br)cc1C(F)(F)F. The minimum absolute atomic E-state index is 0.246. The van der Waals surface area contributed by atoms with E-state index in [0.717, 1.165) is 24.2 Å². The lowest BCUT2D eigenvalue weighted by Gasteiger charge is -2.10. The van der Waals surface area contributed by atoms with Crippen LogP contribution in [0.5, 0.6) is 0 Å². The molecule has 0 aliphatic rings. The summed E-state index contributed by atoms with van der Waals surface area (Å²) in [5, 5.41) is 2.26. The molecule has 3 nitrogen and oxygen atoms in total. The van der Waals surface area contributed by atoms with Crippen LogP contribution >= 0.6 is 27.7 Å². The highest BCUT2D eigenvalue weighted by Crippen LogP contribution is 2.37. The van der Waals surface area contributed by atoms with E-state index in [1.807, 2.05) is 0 Å². The minimum atomic E-state index is -4.28. The van der Waals surface area contributed by atoms with Crippen molar-refractivity contribution < 1.29 is 18.0 Å². The lowest BCUT2D eigenvalue weighted by Crippen LogP contribution is -2.06. The van der Waals surface area contributed by atoms with Gasteiger partial charge in [0.2, 0.25) is 0 Å². The molecule has 0 aliphatic carbocycles. The van der Waals surface area contributed by atoms with Gasteiger partial charge in [0.25, 0.3) is 0 Å². The van der Waals surface area contributed by atoms with Gasteiger partial charge in [-0.25, -0.2) is 0 Å². The monoisotopic (exact) mass is 387 g/mol. The van der Waals surface area contributed by atoms with Crippen LogP contribution in [-0.2, 0) is 11.0 Å². The molecule has 0 aliphatic heterocycles. The zero-order valence-corrected chi connectivity index (χ0v) is 14.3. The van der Waals surface area contributed by atoms with Crippen LogP contribution in [0.4, 0.5) is 13.2 Å². The van der Waals surface area contributed by atoms with Gasteiger partial charge in [-0.1, -0.05) is 29.8 Å². The van der Waals surface area contributed by atoms with Crippen LogP contribution in [0.1, 0.15) is 25.8 Å². The maximum Gasteiger partial charge on any atom is 0.417 e. The molecule has 0 saturated heterocycles. The maximum atomic E-state index is 12.4. The van der Waals surface area contributed by atoms with Crippen molar-refractivity contribution in [3.63, 3.8) is 0 Å². The van der Waals surface area contributed by atoms with Crippen LogP contribution in [0.15, 0.2) is 32.9 Å². The van der Waals surface area contributed by atoms with Crippen molar-refractivity contribution in [1.29, 1.82) is 0 Å². The van der Waals surface area contributed by atoms with Gasteiger partial charge < -0.3 is 4.84 Å². The van der Waals surface area contributed by atoms with Gasteiger partial charge in [0.1, 0.15) is 6.61 Å². The first-order valence-corrected chi connectivity index (χ1v) is 8.09. The van der Waals surface area contributed by atoms with Crippen molar-refractivity contribution in [2.75, 3.05) is 12.9 Å². The predicted octanol–water partition coefficient (Wildman–Crippen LogP) is 5.92. The fourth-order valence-electron chi connectivity index (χ4n) is 1.23. The number of thioether (sulfide) groups is 1. The number of hydrogen-bond donors (Lipinski definition) is 0. The van der Waals surface area contributed by atoms with Crippen molar-refractivity contribution in [1.82, 2.24) is 0 Å². The molecule has 0 amide bonds. The molecule has 1 aromatic carbocycles. The second-order valence-corrected chi connectivity index (χ2v) is 6.20. The molecular weight excluding hydrogens is 371 g/mol. The highest BCUT2D eigenvalue weighted by Gasteiger charge is 2.33. The smallest absolute Gasteiger partial charge is 0.364 e. The number of alkyl halides is 3. The van der Waals surface area contributed by atoms with Gasteiger partial charge >= 0.3 is 6.18 Å². The molecule has 1 rings (SSSR count). The van der Waals surface area contributed by atoms with Crippen molar-refractivity contribution in [3.8, 4) is 0 Å². The van der Waals surface area contributed by atoms with Crippen LogP contribution in [0, 0.1) is 10.8 Å². The van der Waals surface area contributed by atoms with Crippen LogP contribution in [-0.4, -0.2) is 12.9 Å². The van der Waals surface area contributed by atoms with Gasteiger partial charge in [0.05, 0.1) is 5.56 Å². The van der Waals surface area contributed by atoms with E-state index < -0.39 is 11.7 Å². The van der Waals surface area contributed by atoms with E-state index in [0.29, 0.717) is 17.0 Å². The van der Waals surface area contributed by atoms with E-state index in [4.69, 9.17) is 0 Å². The second-order valence-electron chi connectivity index (χ2n) is 4.43. The van der Waals surface area contributed by atoms with E-state index >= 15 is 0 Å². The Hall–Kier alpha value is -0.760. The molecule has 0 spiro atoms. The second kappa shape index (κ2) is 10.0. The molecule has 0 unspecified atom stereocenters. The summed E-state index contributed by atoms with van der Waals surface area (Å²) in [6, 6.07) is 4.14. The predicted molar refractivity (Wildman–Crippen MR) is 82.1 cm³/mol. The molecular formula is C13H17BrF3NO2S. The molecule has 0 fully saturated rings. The van der Waals surface area contributed by atoms with Gasteiger partial charge in [-0.15, -0.1) is 16.7 Å². The Bertz CT molecular complexity index is 442. The van der Waals surface area contributed by atoms with Crippen molar-refractivity contribution >= 4 is 27.7 Å². The molecule has 0 heterocycles. The van der Waals surface area contributed by atoms with E-state index in [1.165, 1.54) is 6.07 Å². The third-order valence-electron chi connectivity index (χ3n) is 2.31. The lowest BCUT2D eigenvalue weighted by molar-refractivity contribution is -0.139. The summed E-state index contributed by atoms with van der Waals surface area (Å²) in [6.45, 7) is 4.57. The largest absolute Gasteiger partial charge is 0.417 e. The summed E-state index contributed by atoms with van der Waals surface area (Å²) in [5.74, 6) is 0.580. The van der Waals surface area contributed by atoms with Gasteiger partial charge in [-0.3, -0.25) is 0 Å². The molecule has 8 heteroatoms. The van der Waals surface area contributed by atoms with Crippen molar-refractivity contribution in [2.24, 2.45) is 11.3 Å². The van der Waals surface area contributed by atoms with Crippen molar-refractivity contribution in [2.45, 2.75) is 31.3 Å². The molecule has 21 heavy (non-hydrogen) atoms. The number of halogens is 4. The summed E-state index contributed by atoms with van der Waals surface area (Å²) >= 11 is 4.10. The van der Waals surface area contributed by atoms with Gasteiger partial charge in [0.15, 0.2) is 5.34 Å². The zero-order chi connectivity index (χ0) is 16.5. The highest BCUT2D eigenvalue weighted by atomic mass is 79.9. The first-order valence-electron chi connectivity index (χ1n) is 6.07. The van der Waals surface area contributed by atoms with Crippen LogP contribution in [0.25, 0.3) is 0 Å². The van der Waals surface area contributed by atoms with Crippen molar-refractivity contribution in [3.05, 3.63) is 33.1 Å². The standard InChI is InChI=1S/C8H6BrF3S.C5H11NO2/c1-13-7-3-2-5(9)4-6(7)8(10,11)12;1-5(2)3-4-8-6-7/h2-4H,1H3;5H,3-4H2,1-2H3. The number of rotatable bonds is 5. The maximum absolute atomic E-state index is 12.4. The fraction of sp³-hybridized carbons (Fsp3) is 0.538. The Morgan fingerprint density at radius 1 is 1.38 bits per heavy atom. The van der Waals surface area contributed by atoms with Crippen LogP contribution < -0.4 is 0 Å². The van der Waals surface area contributed by atoms with Gasteiger partial charge in [-0.2, -0.15) is 13.2 Å². The zero-order valence-electron chi connectivity index (χ0n) is 11.9. The minimum Gasteiger partial charge on any atom is -0.364 e. The quantitative estimate of drug-likeness (QED) is 0.272. The molecule has 0 bridgehead atoms. The first-order chi connectivity index (χ1) is 9.72. The molecule has 0 saturated carbocycles. The first kappa shape index (κ1) is 20.2. The molecule has 0 radical (unpaired) electrons. The normalized spacial score (nSPS) is 10.9. The summed E-state index contributed by atoms with van der Waals surface area (Å²) in [5.41, 5.74) is -0.589. The topological polar surface area (TPSA) is 38.7 Å². The summed E-state index contributed by atoms with van der Waals surface area (Å²) < 4.78 is 37.6. The number of nitrogens with zero attached hydrogens (tertiary/aromatic N) is 1. The Morgan fingerprint density at radius 3 is 2.43 bits per heavy atom. The van der Waals surface area contributed by atoms with Crippen LogP contribution in [0.3, 0.4) is 0 Å². The summed E-state index contributed by atoms with van der Waals surface area (Å²) in [4.78, 5) is 13.8. The highest BCUT2D eigenvalue weighted by molar-refractivity contribution is 9.10. The summed E-state index contributed by atoms with van der Waals surface area (Å²) in [6.07, 6.45) is -1.76. The Labute approximate surface area is 134 Å². The summed E-state index contributed by atoms with van der Waals surface area (Å²) in [7, 11) is 0. The molecule has 0 N–H and O–H groups in total. The van der Waals surface area contributed by atoms with E-state index in [9.17, 15) is 18.1 Å². The lowest BCUT2D eigenvalue weighted by atomic mass is 10.1. The third-order valence-corrected chi connectivity index (χ3v) is 3.60. The van der Waals surface area contributed by atoms with E-state index in [-0.39, 0.29) is 4.90 Å². The molecule has 1 aromatic rings.